The van der Waals surface area contributed by atoms with Crippen LogP contribution in [-0.4, -0.2) is 34.9 Å². The van der Waals surface area contributed by atoms with Gasteiger partial charge in [-0.25, -0.2) is 9.78 Å². The Kier molecular flexibility index (Phi) is 5.86. The monoisotopic (exact) mass is 360 g/mol. The van der Waals surface area contributed by atoms with E-state index in [1.54, 1.807) is 11.3 Å². The summed E-state index contributed by atoms with van der Waals surface area (Å²) >= 11 is 1.69. The van der Waals surface area contributed by atoms with Crippen molar-refractivity contribution in [1.82, 2.24) is 15.2 Å². The van der Waals surface area contributed by atoms with Crippen molar-refractivity contribution in [3.05, 3.63) is 29.3 Å². The fraction of sp³-hybridized carbons (Fsp3) is 0.500. The Bertz CT molecular complexity index is 713. The second-order valence-electron chi connectivity index (χ2n) is 6.37. The normalized spacial score (nSPS) is 17.6. The summed E-state index contributed by atoms with van der Waals surface area (Å²) in [6.07, 6.45) is 5.18. The Morgan fingerprint density at radius 3 is 2.92 bits per heavy atom. The lowest BCUT2D eigenvalue weighted by atomic mass is 10.0. The molecule has 1 unspecified atom stereocenters. The predicted octanol–water partition coefficient (Wildman–Crippen LogP) is 3.19. The minimum atomic E-state index is -0.516. The largest absolute Gasteiger partial charge is 0.352 e. The van der Waals surface area contributed by atoms with E-state index in [0.29, 0.717) is 13.0 Å². The molecule has 1 fully saturated rings. The number of urea groups is 1. The van der Waals surface area contributed by atoms with Crippen LogP contribution in [-0.2, 0) is 4.79 Å². The van der Waals surface area contributed by atoms with Crippen LogP contribution in [0.4, 0.5) is 4.79 Å². The van der Waals surface area contributed by atoms with E-state index in [9.17, 15) is 9.59 Å². The Hall–Kier alpha value is -2.15. The number of amides is 3. The van der Waals surface area contributed by atoms with Gasteiger partial charge in [0, 0.05) is 19.5 Å². The smallest absolute Gasteiger partial charge is 0.312 e. The van der Waals surface area contributed by atoms with E-state index in [1.165, 1.54) is 4.70 Å². The van der Waals surface area contributed by atoms with Crippen LogP contribution in [0.2, 0.25) is 0 Å². The second kappa shape index (κ2) is 8.29. The van der Waals surface area contributed by atoms with Gasteiger partial charge in [0.1, 0.15) is 5.01 Å². The molecule has 0 spiro atoms. The Morgan fingerprint density at radius 1 is 1.28 bits per heavy atom. The maximum absolute atomic E-state index is 12.7. The number of nitrogens with zero attached hydrogens (tertiary/aromatic N) is 2. The molecule has 1 atom stereocenters. The molecule has 3 amide bonds. The first kappa shape index (κ1) is 17.7. The molecular formula is C18H24N4O2S. The van der Waals surface area contributed by atoms with Crippen molar-refractivity contribution < 1.29 is 9.59 Å². The van der Waals surface area contributed by atoms with Gasteiger partial charge in [0.05, 0.1) is 16.3 Å². The van der Waals surface area contributed by atoms with E-state index in [1.807, 2.05) is 23.1 Å². The fourth-order valence-corrected chi connectivity index (χ4v) is 4.39. The highest BCUT2D eigenvalue weighted by atomic mass is 32.1. The van der Waals surface area contributed by atoms with Crippen LogP contribution in [0, 0.1) is 0 Å². The van der Waals surface area contributed by atoms with Crippen LogP contribution >= 0.6 is 11.3 Å². The number of carbonyl (C=O) groups is 2. The van der Waals surface area contributed by atoms with Crippen LogP contribution in [0.15, 0.2) is 24.3 Å². The number of unbranched alkanes of at least 4 members (excludes halogenated alkanes) is 1. The molecule has 0 aliphatic carbocycles. The van der Waals surface area contributed by atoms with Crippen molar-refractivity contribution in [1.29, 1.82) is 0 Å². The summed E-state index contributed by atoms with van der Waals surface area (Å²) < 4.78 is 1.17. The first-order valence-corrected chi connectivity index (χ1v) is 9.65. The van der Waals surface area contributed by atoms with Crippen LogP contribution < -0.4 is 11.1 Å². The third-order valence-electron chi connectivity index (χ3n) is 4.54. The summed E-state index contributed by atoms with van der Waals surface area (Å²) in [7, 11) is 0. The maximum Gasteiger partial charge on any atom is 0.312 e. The minimum absolute atomic E-state index is 0.0994. The second-order valence-corrected chi connectivity index (χ2v) is 7.43. The number of likely N-dealkylation sites (tertiary alicyclic amines) is 1. The number of carbonyl (C=O) groups excluding carboxylic acids is 2. The molecule has 2 aromatic rings. The molecule has 3 rings (SSSR count). The van der Waals surface area contributed by atoms with Gasteiger partial charge in [0.15, 0.2) is 0 Å². The minimum Gasteiger partial charge on any atom is -0.352 e. The lowest BCUT2D eigenvalue weighted by Gasteiger charge is -2.34. The molecule has 7 heteroatoms. The number of hydrogen-bond donors (Lipinski definition) is 2. The van der Waals surface area contributed by atoms with Gasteiger partial charge in [-0.05, 0) is 44.2 Å². The Balaban J connectivity index is 1.62. The van der Waals surface area contributed by atoms with E-state index in [4.69, 9.17) is 10.7 Å². The number of rotatable bonds is 6. The molecule has 25 heavy (non-hydrogen) atoms. The van der Waals surface area contributed by atoms with Crippen LogP contribution in [0.25, 0.3) is 10.2 Å². The molecule has 3 N–H and O–H groups in total. The van der Waals surface area contributed by atoms with Gasteiger partial charge in [-0.1, -0.05) is 12.1 Å². The number of fused-ring (bicyclic) bond motifs is 1. The van der Waals surface area contributed by atoms with E-state index in [2.05, 4.69) is 11.4 Å². The quantitative estimate of drug-likeness (QED) is 0.776. The molecule has 1 aromatic heterocycles. The number of primary amides is 1. The zero-order valence-corrected chi connectivity index (χ0v) is 15.1. The maximum atomic E-state index is 12.7. The van der Waals surface area contributed by atoms with Gasteiger partial charge >= 0.3 is 6.03 Å². The molecule has 1 aliphatic heterocycles. The molecule has 6 nitrogen and oxygen atoms in total. The van der Waals surface area contributed by atoms with Crippen molar-refractivity contribution in [2.75, 3.05) is 13.1 Å². The zero-order valence-electron chi connectivity index (χ0n) is 14.2. The lowest BCUT2D eigenvalue weighted by molar-refractivity contribution is -0.135. The summed E-state index contributed by atoms with van der Waals surface area (Å²) in [5.41, 5.74) is 6.05. The third-order valence-corrected chi connectivity index (χ3v) is 5.67. The van der Waals surface area contributed by atoms with Gasteiger partial charge in [0.25, 0.3) is 0 Å². The van der Waals surface area contributed by atoms with Crippen molar-refractivity contribution in [2.24, 2.45) is 5.73 Å². The number of hydrogen-bond acceptors (Lipinski definition) is 4. The van der Waals surface area contributed by atoms with Crippen molar-refractivity contribution in [2.45, 2.75) is 44.6 Å². The summed E-state index contributed by atoms with van der Waals surface area (Å²) in [5, 5.41) is 3.60. The highest BCUT2D eigenvalue weighted by Crippen LogP contribution is 2.36. The average Bonchev–Trinajstić information content (AvgIpc) is 3.05. The highest BCUT2D eigenvalue weighted by molar-refractivity contribution is 7.18. The SMILES string of the molecule is NC(=O)NCCCCC(=O)N1CCCCC1c1nc2ccccc2s1. The third kappa shape index (κ3) is 4.48. The van der Waals surface area contributed by atoms with Gasteiger partial charge in [0.2, 0.25) is 5.91 Å². The van der Waals surface area contributed by atoms with Gasteiger partial charge in [-0.15, -0.1) is 11.3 Å². The number of para-hydroxylation sites is 1. The van der Waals surface area contributed by atoms with E-state index in [-0.39, 0.29) is 11.9 Å². The summed E-state index contributed by atoms with van der Waals surface area (Å²) in [6, 6.07) is 7.71. The van der Waals surface area contributed by atoms with E-state index >= 15 is 0 Å². The Morgan fingerprint density at radius 2 is 2.12 bits per heavy atom. The summed E-state index contributed by atoms with van der Waals surface area (Å²) in [4.78, 5) is 30.1. The molecule has 0 radical (unpaired) electrons. The standard InChI is InChI=1S/C18H24N4O2S/c19-18(24)20-11-5-3-10-16(23)22-12-6-4-8-14(22)17-21-13-7-1-2-9-15(13)25-17/h1-2,7,9,14H,3-6,8,10-12H2,(H3,19,20,24). The first-order valence-electron chi connectivity index (χ1n) is 8.83. The number of thiazole rings is 1. The molecular weight excluding hydrogens is 336 g/mol. The van der Waals surface area contributed by atoms with Crippen LogP contribution in [0.1, 0.15) is 49.6 Å². The van der Waals surface area contributed by atoms with Gasteiger partial charge in [-0.2, -0.15) is 0 Å². The topological polar surface area (TPSA) is 88.3 Å². The first-order chi connectivity index (χ1) is 12.1. The molecule has 1 aliphatic rings. The van der Waals surface area contributed by atoms with Gasteiger partial charge < -0.3 is 16.0 Å². The summed E-state index contributed by atoms with van der Waals surface area (Å²) in [6.45, 7) is 1.32. The van der Waals surface area contributed by atoms with Crippen LogP contribution in [0.3, 0.4) is 0 Å². The number of nitrogens with one attached hydrogen (secondary N) is 1. The summed E-state index contributed by atoms with van der Waals surface area (Å²) in [5.74, 6) is 0.183. The molecule has 0 bridgehead atoms. The van der Waals surface area contributed by atoms with E-state index in [0.717, 1.165) is 49.2 Å². The van der Waals surface area contributed by atoms with Crippen molar-refractivity contribution in [3.8, 4) is 0 Å². The molecule has 2 heterocycles. The number of aromatic nitrogens is 1. The Labute approximate surface area is 151 Å². The predicted molar refractivity (Wildman–Crippen MR) is 99.4 cm³/mol. The number of benzene rings is 1. The average molecular weight is 360 g/mol. The fourth-order valence-electron chi connectivity index (χ4n) is 3.28. The molecule has 134 valence electrons. The van der Waals surface area contributed by atoms with E-state index < -0.39 is 6.03 Å². The highest BCUT2D eigenvalue weighted by Gasteiger charge is 2.29. The van der Waals surface area contributed by atoms with Crippen LogP contribution in [0.5, 0.6) is 0 Å². The van der Waals surface area contributed by atoms with Gasteiger partial charge in [-0.3, -0.25) is 4.79 Å². The zero-order chi connectivity index (χ0) is 17.6. The molecule has 1 saturated heterocycles. The lowest BCUT2D eigenvalue weighted by Crippen LogP contribution is -2.38. The van der Waals surface area contributed by atoms with Crippen molar-refractivity contribution >= 4 is 33.5 Å². The molecule has 0 saturated carbocycles. The number of nitrogens with two attached hydrogens (primary N) is 1. The van der Waals surface area contributed by atoms with Crippen molar-refractivity contribution in [3.63, 3.8) is 0 Å². The number of piperidine rings is 1. The molecule has 1 aromatic carbocycles.